The molecule has 0 radical (unpaired) electrons. The number of hydrogen-bond acceptors (Lipinski definition) is 4. The van der Waals surface area contributed by atoms with E-state index in [-0.39, 0.29) is 24.0 Å². The molecule has 1 N–H and O–H groups in total. The summed E-state index contributed by atoms with van der Waals surface area (Å²) in [6.07, 6.45) is 2.70. The fraction of sp³-hybridized carbons (Fsp3) is 0.786. The summed E-state index contributed by atoms with van der Waals surface area (Å²) >= 11 is 2.03. The standard InChI is InChI=1S/C14H26N6S.HI/c1-5-12-18-17-11-20(12)7-6-16-13(15-4)19-8-9-21-14(2,3)10-19;/h11H,5-10H2,1-4H3,(H,15,16);1H. The molecule has 6 nitrogen and oxygen atoms in total. The van der Waals surface area contributed by atoms with Crippen molar-refractivity contribution in [2.75, 3.05) is 32.4 Å². The summed E-state index contributed by atoms with van der Waals surface area (Å²) in [5, 5.41) is 11.5. The molecule has 8 heteroatoms. The Bertz CT molecular complexity index is 487. The van der Waals surface area contributed by atoms with Gasteiger partial charge in [0.25, 0.3) is 0 Å². The molecule has 126 valence electrons. The van der Waals surface area contributed by atoms with Crippen LogP contribution in [-0.2, 0) is 13.0 Å². The van der Waals surface area contributed by atoms with Gasteiger partial charge in [0.05, 0.1) is 0 Å². The van der Waals surface area contributed by atoms with Gasteiger partial charge in [-0.05, 0) is 13.8 Å². The zero-order valence-electron chi connectivity index (χ0n) is 13.9. The first-order valence-electron chi connectivity index (χ1n) is 7.52. The maximum atomic E-state index is 4.42. The minimum Gasteiger partial charge on any atom is -0.354 e. The average Bonchev–Trinajstić information content (AvgIpc) is 2.90. The molecule has 2 rings (SSSR count). The molecule has 1 aromatic rings. The fourth-order valence-corrected chi connectivity index (χ4v) is 3.67. The van der Waals surface area contributed by atoms with E-state index in [1.54, 1.807) is 6.33 Å². The topological polar surface area (TPSA) is 58.3 Å². The lowest BCUT2D eigenvalue weighted by Gasteiger charge is -2.39. The number of nitrogens with zero attached hydrogens (tertiary/aromatic N) is 5. The van der Waals surface area contributed by atoms with Gasteiger partial charge in [-0.25, -0.2) is 0 Å². The first kappa shape index (κ1) is 19.5. The Morgan fingerprint density at radius 3 is 2.91 bits per heavy atom. The van der Waals surface area contributed by atoms with Crippen LogP contribution >= 0.6 is 35.7 Å². The minimum atomic E-state index is 0. The molecular formula is C14H27IN6S. The van der Waals surface area contributed by atoms with Gasteiger partial charge in [0, 0.05) is 50.1 Å². The van der Waals surface area contributed by atoms with Gasteiger partial charge in [0.2, 0.25) is 0 Å². The van der Waals surface area contributed by atoms with Crippen LogP contribution in [-0.4, -0.2) is 62.8 Å². The molecule has 0 spiro atoms. The van der Waals surface area contributed by atoms with Gasteiger partial charge < -0.3 is 14.8 Å². The van der Waals surface area contributed by atoms with Crippen LogP contribution < -0.4 is 5.32 Å². The fourth-order valence-electron chi connectivity index (χ4n) is 2.56. The van der Waals surface area contributed by atoms with Crippen LogP contribution in [0.15, 0.2) is 11.3 Å². The summed E-state index contributed by atoms with van der Waals surface area (Å²) in [7, 11) is 1.85. The maximum absolute atomic E-state index is 4.42. The van der Waals surface area contributed by atoms with Crippen LogP contribution in [0.4, 0.5) is 0 Å². The molecule has 1 aliphatic rings. The van der Waals surface area contributed by atoms with Gasteiger partial charge in [-0.3, -0.25) is 4.99 Å². The number of thioether (sulfide) groups is 1. The molecule has 0 bridgehead atoms. The maximum Gasteiger partial charge on any atom is 0.193 e. The third kappa shape index (κ3) is 5.29. The summed E-state index contributed by atoms with van der Waals surface area (Å²) in [6, 6.07) is 0. The number of rotatable bonds is 4. The van der Waals surface area contributed by atoms with Crippen LogP contribution in [0.3, 0.4) is 0 Å². The molecule has 0 unspecified atom stereocenters. The molecule has 0 saturated carbocycles. The summed E-state index contributed by atoms with van der Waals surface area (Å²) in [5.74, 6) is 3.18. The zero-order chi connectivity index (χ0) is 15.3. The van der Waals surface area contributed by atoms with E-state index in [2.05, 4.69) is 50.7 Å². The SMILES string of the molecule is CCc1nncn1CCNC(=NC)N1CCSC(C)(C)C1.I. The number of nitrogens with one attached hydrogen (secondary N) is 1. The molecule has 1 saturated heterocycles. The predicted octanol–water partition coefficient (Wildman–Crippen LogP) is 1.86. The van der Waals surface area contributed by atoms with E-state index in [4.69, 9.17) is 0 Å². The number of aliphatic imine (C=N–C) groups is 1. The van der Waals surface area contributed by atoms with Crippen molar-refractivity contribution in [3.8, 4) is 0 Å². The molecule has 0 atom stereocenters. The quantitative estimate of drug-likeness (QED) is 0.442. The van der Waals surface area contributed by atoms with E-state index in [0.717, 1.165) is 50.1 Å². The number of aryl methyl sites for hydroxylation is 1. The normalized spacial score (nSPS) is 18.0. The largest absolute Gasteiger partial charge is 0.354 e. The Balaban J connectivity index is 0.00000242. The van der Waals surface area contributed by atoms with Crippen molar-refractivity contribution in [1.82, 2.24) is 25.0 Å². The summed E-state index contributed by atoms with van der Waals surface area (Å²) in [6.45, 7) is 10.5. The van der Waals surface area contributed by atoms with Gasteiger partial charge in [0.1, 0.15) is 12.2 Å². The average molecular weight is 438 g/mol. The molecule has 0 amide bonds. The van der Waals surface area contributed by atoms with Crippen LogP contribution in [0.5, 0.6) is 0 Å². The molecule has 2 heterocycles. The van der Waals surface area contributed by atoms with E-state index in [1.807, 2.05) is 18.8 Å². The van der Waals surface area contributed by atoms with Gasteiger partial charge in [-0.2, -0.15) is 11.8 Å². The van der Waals surface area contributed by atoms with Crippen molar-refractivity contribution in [3.63, 3.8) is 0 Å². The third-order valence-electron chi connectivity index (χ3n) is 3.58. The van der Waals surface area contributed by atoms with E-state index in [1.165, 1.54) is 0 Å². The Labute approximate surface area is 154 Å². The summed E-state index contributed by atoms with van der Waals surface area (Å²) in [5.41, 5.74) is 0. The number of hydrogen-bond donors (Lipinski definition) is 1. The van der Waals surface area contributed by atoms with Crippen LogP contribution in [0, 0.1) is 0 Å². The van der Waals surface area contributed by atoms with E-state index in [0.29, 0.717) is 4.75 Å². The lowest BCUT2D eigenvalue weighted by atomic mass is 10.2. The monoisotopic (exact) mass is 438 g/mol. The second-order valence-electron chi connectivity index (χ2n) is 5.80. The van der Waals surface area contributed by atoms with Crippen molar-refractivity contribution in [2.24, 2.45) is 4.99 Å². The van der Waals surface area contributed by atoms with Crippen molar-refractivity contribution >= 4 is 41.7 Å². The Kier molecular flexibility index (Phi) is 7.95. The highest BCUT2D eigenvalue weighted by atomic mass is 127. The number of aromatic nitrogens is 3. The van der Waals surface area contributed by atoms with Gasteiger partial charge in [-0.1, -0.05) is 6.92 Å². The minimum absolute atomic E-state index is 0. The predicted molar refractivity (Wildman–Crippen MR) is 104 cm³/mol. The molecule has 22 heavy (non-hydrogen) atoms. The van der Waals surface area contributed by atoms with Crippen molar-refractivity contribution in [2.45, 2.75) is 38.5 Å². The summed E-state index contributed by atoms with van der Waals surface area (Å²) in [4.78, 5) is 6.77. The van der Waals surface area contributed by atoms with Crippen LogP contribution in [0.25, 0.3) is 0 Å². The second kappa shape index (κ2) is 8.95. The molecular weight excluding hydrogens is 411 g/mol. The molecule has 1 aromatic heterocycles. The summed E-state index contributed by atoms with van der Waals surface area (Å²) < 4.78 is 2.38. The lowest BCUT2D eigenvalue weighted by Crippen LogP contribution is -2.51. The highest BCUT2D eigenvalue weighted by Crippen LogP contribution is 2.29. The van der Waals surface area contributed by atoms with E-state index >= 15 is 0 Å². The smallest absolute Gasteiger partial charge is 0.193 e. The lowest BCUT2D eigenvalue weighted by molar-refractivity contribution is 0.375. The molecule has 1 aliphatic heterocycles. The highest BCUT2D eigenvalue weighted by Gasteiger charge is 2.28. The van der Waals surface area contributed by atoms with E-state index in [9.17, 15) is 0 Å². The van der Waals surface area contributed by atoms with Crippen molar-refractivity contribution in [3.05, 3.63) is 12.2 Å². The Morgan fingerprint density at radius 2 is 2.27 bits per heavy atom. The van der Waals surface area contributed by atoms with Crippen LogP contribution in [0.1, 0.15) is 26.6 Å². The van der Waals surface area contributed by atoms with Crippen molar-refractivity contribution < 1.29 is 0 Å². The third-order valence-corrected chi connectivity index (χ3v) is 4.88. The molecule has 1 fully saturated rings. The molecule has 0 aliphatic carbocycles. The Morgan fingerprint density at radius 1 is 1.50 bits per heavy atom. The van der Waals surface area contributed by atoms with Crippen LogP contribution in [0.2, 0.25) is 0 Å². The van der Waals surface area contributed by atoms with E-state index < -0.39 is 0 Å². The zero-order valence-corrected chi connectivity index (χ0v) is 17.0. The first-order chi connectivity index (χ1) is 10.1. The van der Waals surface area contributed by atoms with Gasteiger partial charge in [0.15, 0.2) is 5.96 Å². The first-order valence-corrected chi connectivity index (χ1v) is 8.50. The van der Waals surface area contributed by atoms with Gasteiger partial charge in [-0.15, -0.1) is 34.2 Å². The number of guanidine groups is 1. The highest BCUT2D eigenvalue weighted by molar-refractivity contribution is 14.0. The van der Waals surface area contributed by atoms with Crippen molar-refractivity contribution in [1.29, 1.82) is 0 Å². The Hall–Kier alpha value is -0.510. The van der Waals surface area contributed by atoms with Gasteiger partial charge >= 0.3 is 0 Å². The molecule has 0 aromatic carbocycles. The number of halogens is 1. The second-order valence-corrected chi connectivity index (χ2v) is 7.60.